The van der Waals surface area contributed by atoms with Gasteiger partial charge in [0.05, 0.1) is 13.7 Å². The molecule has 0 aromatic heterocycles. The highest BCUT2D eigenvalue weighted by Crippen LogP contribution is 2.26. The molecule has 1 aromatic carbocycles. The first-order chi connectivity index (χ1) is 10.1. The quantitative estimate of drug-likeness (QED) is 0.789. The van der Waals surface area contributed by atoms with Gasteiger partial charge in [0.15, 0.2) is 5.60 Å². The summed E-state index contributed by atoms with van der Waals surface area (Å²) in [6, 6.07) is 9.42. The third-order valence-corrected chi connectivity index (χ3v) is 3.64. The van der Waals surface area contributed by atoms with Gasteiger partial charge in [0, 0.05) is 20.1 Å². The number of hydrogen-bond acceptors (Lipinski definition) is 5. The van der Waals surface area contributed by atoms with Crippen molar-refractivity contribution in [1.82, 2.24) is 4.90 Å². The van der Waals surface area contributed by atoms with Crippen LogP contribution in [0, 0.1) is 0 Å². The van der Waals surface area contributed by atoms with Crippen LogP contribution in [-0.2, 0) is 25.6 Å². The standard InChI is InChI=1S/C15H19NO5/c1-19-13(17)15(20-2)8-9-16(11-15)14(18)21-10-12-6-4-3-5-7-12/h3-7H,8-11H2,1-2H3/t15-/m0/s1. The van der Waals surface area contributed by atoms with Crippen LogP contribution in [0.5, 0.6) is 0 Å². The summed E-state index contributed by atoms with van der Waals surface area (Å²) in [6.45, 7) is 0.745. The van der Waals surface area contributed by atoms with Crippen LogP contribution in [0.25, 0.3) is 0 Å². The van der Waals surface area contributed by atoms with Gasteiger partial charge in [-0.3, -0.25) is 0 Å². The number of benzene rings is 1. The second kappa shape index (κ2) is 6.58. The van der Waals surface area contributed by atoms with E-state index in [0.717, 1.165) is 5.56 Å². The van der Waals surface area contributed by atoms with Gasteiger partial charge in [-0.25, -0.2) is 9.59 Å². The normalized spacial score (nSPS) is 21.1. The van der Waals surface area contributed by atoms with E-state index in [9.17, 15) is 9.59 Å². The third-order valence-electron chi connectivity index (χ3n) is 3.64. The van der Waals surface area contributed by atoms with Crippen LogP contribution >= 0.6 is 0 Å². The Balaban J connectivity index is 1.91. The van der Waals surface area contributed by atoms with Crippen molar-refractivity contribution in [3.8, 4) is 0 Å². The summed E-state index contributed by atoms with van der Waals surface area (Å²) < 4.78 is 15.3. The SMILES string of the molecule is COC(=O)[C@]1(OC)CCN(C(=O)OCc2ccccc2)C1. The van der Waals surface area contributed by atoms with E-state index in [-0.39, 0.29) is 13.2 Å². The number of rotatable bonds is 4. The molecule has 1 atom stereocenters. The summed E-state index contributed by atoms with van der Waals surface area (Å²) in [5.74, 6) is -0.469. The molecule has 0 unspecified atom stereocenters. The van der Waals surface area contributed by atoms with Crippen LogP contribution in [0.3, 0.4) is 0 Å². The fourth-order valence-corrected chi connectivity index (χ4v) is 2.35. The fourth-order valence-electron chi connectivity index (χ4n) is 2.35. The lowest BCUT2D eigenvalue weighted by Gasteiger charge is -2.24. The Hall–Kier alpha value is -2.08. The Morgan fingerprint density at radius 2 is 1.95 bits per heavy atom. The topological polar surface area (TPSA) is 65.1 Å². The van der Waals surface area contributed by atoms with Crippen molar-refractivity contribution in [2.75, 3.05) is 27.3 Å². The van der Waals surface area contributed by atoms with E-state index in [1.54, 1.807) is 0 Å². The summed E-state index contributed by atoms with van der Waals surface area (Å²) in [4.78, 5) is 25.3. The molecule has 1 aliphatic heterocycles. The molecule has 0 aliphatic carbocycles. The predicted octanol–water partition coefficient (Wildman–Crippen LogP) is 1.59. The lowest BCUT2D eigenvalue weighted by molar-refractivity contribution is -0.164. The van der Waals surface area contributed by atoms with Gasteiger partial charge in [0.25, 0.3) is 0 Å². The number of methoxy groups -OCH3 is 2. The van der Waals surface area contributed by atoms with Crippen LogP contribution < -0.4 is 0 Å². The zero-order chi connectivity index (χ0) is 15.3. The number of amides is 1. The molecule has 1 aliphatic rings. The fraction of sp³-hybridized carbons (Fsp3) is 0.467. The smallest absolute Gasteiger partial charge is 0.410 e. The molecule has 1 amide bonds. The number of likely N-dealkylation sites (tertiary alicyclic amines) is 1. The molecule has 0 bridgehead atoms. The average molecular weight is 293 g/mol. The Labute approximate surface area is 123 Å². The Morgan fingerprint density at radius 1 is 1.24 bits per heavy atom. The molecule has 1 saturated heterocycles. The van der Waals surface area contributed by atoms with E-state index in [2.05, 4.69) is 0 Å². The molecule has 2 rings (SSSR count). The number of hydrogen-bond donors (Lipinski definition) is 0. The van der Waals surface area contributed by atoms with Crippen molar-refractivity contribution < 1.29 is 23.8 Å². The average Bonchev–Trinajstić information content (AvgIpc) is 2.98. The van der Waals surface area contributed by atoms with Gasteiger partial charge in [-0.2, -0.15) is 0 Å². The number of nitrogens with zero attached hydrogens (tertiary/aromatic N) is 1. The maximum atomic E-state index is 12.0. The van der Waals surface area contributed by atoms with Gasteiger partial charge in [0.1, 0.15) is 6.61 Å². The molecular formula is C15H19NO5. The van der Waals surface area contributed by atoms with E-state index in [1.165, 1.54) is 19.1 Å². The van der Waals surface area contributed by atoms with Crippen LogP contribution in [0.2, 0.25) is 0 Å². The molecule has 114 valence electrons. The van der Waals surface area contributed by atoms with Gasteiger partial charge in [0.2, 0.25) is 0 Å². The molecular weight excluding hydrogens is 274 g/mol. The van der Waals surface area contributed by atoms with E-state index in [4.69, 9.17) is 14.2 Å². The molecule has 0 radical (unpaired) electrons. The summed E-state index contributed by atoms with van der Waals surface area (Å²) in [7, 11) is 2.75. The lowest BCUT2D eigenvalue weighted by atomic mass is 10.0. The van der Waals surface area contributed by atoms with Crippen molar-refractivity contribution >= 4 is 12.1 Å². The minimum atomic E-state index is -1.08. The molecule has 0 saturated carbocycles. The van der Waals surface area contributed by atoms with E-state index < -0.39 is 17.7 Å². The lowest BCUT2D eigenvalue weighted by Crippen LogP contribution is -2.45. The van der Waals surface area contributed by atoms with Crippen molar-refractivity contribution in [1.29, 1.82) is 0 Å². The summed E-state index contributed by atoms with van der Waals surface area (Å²) >= 11 is 0. The van der Waals surface area contributed by atoms with Crippen molar-refractivity contribution in [3.63, 3.8) is 0 Å². The molecule has 6 nitrogen and oxygen atoms in total. The summed E-state index contributed by atoms with van der Waals surface area (Å²) in [5.41, 5.74) is -0.170. The first-order valence-corrected chi connectivity index (χ1v) is 6.70. The van der Waals surface area contributed by atoms with E-state index in [0.29, 0.717) is 13.0 Å². The second-order valence-electron chi connectivity index (χ2n) is 4.90. The monoisotopic (exact) mass is 293 g/mol. The first kappa shape index (κ1) is 15.3. The number of ether oxygens (including phenoxy) is 3. The maximum absolute atomic E-state index is 12.0. The Bertz CT molecular complexity index is 504. The maximum Gasteiger partial charge on any atom is 0.410 e. The van der Waals surface area contributed by atoms with Gasteiger partial charge in [-0.15, -0.1) is 0 Å². The highest BCUT2D eigenvalue weighted by molar-refractivity contribution is 5.82. The minimum absolute atomic E-state index is 0.143. The summed E-state index contributed by atoms with van der Waals surface area (Å²) in [5, 5.41) is 0. The first-order valence-electron chi connectivity index (χ1n) is 6.70. The molecule has 1 fully saturated rings. The van der Waals surface area contributed by atoms with Crippen molar-refractivity contribution in [2.45, 2.75) is 18.6 Å². The molecule has 1 aromatic rings. The summed E-state index contributed by atoms with van der Waals surface area (Å²) in [6.07, 6.45) is -0.0574. The number of esters is 1. The van der Waals surface area contributed by atoms with Gasteiger partial charge in [-0.1, -0.05) is 30.3 Å². The molecule has 21 heavy (non-hydrogen) atoms. The van der Waals surface area contributed by atoms with Gasteiger partial charge >= 0.3 is 12.1 Å². The molecule has 0 spiro atoms. The van der Waals surface area contributed by atoms with Crippen LogP contribution in [0.15, 0.2) is 30.3 Å². The molecule has 6 heteroatoms. The van der Waals surface area contributed by atoms with Crippen molar-refractivity contribution in [2.24, 2.45) is 0 Å². The minimum Gasteiger partial charge on any atom is -0.467 e. The predicted molar refractivity (Wildman–Crippen MR) is 74.6 cm³/mol. The number of carbonyl (C=O) groups is 2. The van der Waals surface area contributed by atoms with E-state index >= 15 is 0 Å². The van der Waals surface area contributed by atoms with E-state index in [1.807, 2.05) is 30.3 Å². The third kappa shape index (κ3) is 3.33. The zero-order valence-corrected chi connectivity index (χ0v) is 12.2. The Morgan fingerprint density at radius 3 is 2.57 bits per heavy atom. The highest BCUT2D eigenvalue weighted by Gasteiger charge is 2.48. The van der Waals surface area contributed by atoms with Gasteiger partial charge < -0.3 is 19.1 Å². The zero-order valence-electron chi connectivity index (χ0n) is 12.2. The largest absolute Gasteiger partial charge is 0.467 e. The molecule has 1 heterocycles. The van der Waals surface area contributed by atoms with Crippen LogP contribution in [0.1, 0.15) is 12.0 Å². The highest BCUT2D eigenvalue weighted by atomic mass is 16.6. The van der Waals surface area contributed by atoms with Crippen LogP contribution in [-0.4, -0.2) is 49.9 Å². The second-order valence-corrected chi connectivity index (χ2v) is 4.90. The van der Waals surface area contributed by atoms with Crippen molar-refractivity contribution in [3.05, 3.63) is 35.9 Å². The Kier molecular flexibility index (Phi) is 4.80. The van der Waals surface area contributed by atoms with Gasteiger partial charge in [-0.05, 0) is 5.56 Å². The van der Waals surface area contributed by atoms with Crippen LogP contribution in [0.4, 0.5) is 4.79 Å². The number of carbonyl (C=O) groups excluding carboxylic acids is 2. The molecule has 0 N–H and O–H groups in total.